The summed E-state index contributed by atoms with van der Waals surface area (Å²) >= 11 is 0. The summed E-state index contributed by atoms with van der Waals surface area (Å²) in [6.45, 7) is 12.2. The van der Waals surface area contributed by atoms with Gasteiger partial charge in [-0.2, -0.15) is 5.10 Å². The zero-order valence-corrected chi connectivity index (χ0v) is 17.4. The maximum atomic E-state index is 10.0. The third-order valence-electron chi connectivity index (χ3n) is 4.45. The van der Waals surface area contributed by atoms with Gasteiger partial charge in [0.15, 0.2) is 0 Å². The first-order valence-corrected chi connectivity index (χ1v) is 9.28. The predicted molar refractivity (Wildman–Crippen MR) is 113 cm³/mol. The number of rotatable bonds is 7. The molecule has 6 heteroatoms. The fraction of sp³-hybridized carbons (Fsp3) is 0.455. The van der Waals surface area contributed by atoms with Gasteiger partial charge >= 0.3 is 0 Å². The molecule has 0 amide bonds. The van der Waals surface area contributed by atoms with Crippen molar-refractivity contribution >= 4 is 11.3 Å². The van der Waals surface area contributed by atoms with Crippen LogP contribution in [0.5, 0.6) is 0 Å². The normalized spacial score (nSPS) is 11.7. The Bertz CT molecular complexity index is 868. The fourth-order valence-electron chi connectivity index (χ4n) is 2.47. The number of pyridine rings is 1. The fourth-order valence-corrected chi connectivity index (χ4v) is 2.47. The van der Waals surface area contributed by atoms with Crippen LogP contribution in [0.25, 0.3) is 5.57 Å². The Kier molecular flexibility index (Phi) is 6.65. The van der Waals surface area contributed by atoms with Gasteiger partial charge in [0.1, 0.15) is 5.69 Å². The molecule has 0 saturated heterocycles. The molecular weight excluding hydrogens is 352 g/mol. The molecule has 6 nitrogen and oxygen atoms in total. The van der Waals surface area contributed by atoms with Gasteiger partial charge in [-0.25, -0.2) is 4.98 Å². The zero-order valence-electron chi connectivity index (χ0n) is 17.4. The maximum Gasteiger partial charge on any atom is 0.113 e. The topological polar surface area (TPSA) is 85.3 Å². The molecule has 2 heterocycles. The molecule has 2 aromatic rings. The molecule has 2 rings (SSSR count). The molecule has 0 bridgehead atoms. The highest BCUT2D eigenvalue weighted by Crippen LogP contribution is 2.30. The molecule has 0 aliphatic rings. The van der Waals surface area contributed by atoms with Crippen molar-refractivity contribution in [2.75, 3.05) is 25.1 Å². The van der Waals surface area contributed by atoms with Crippen LogP contribution in [-0.2, 0) is 0 Å². The predicted octanol–water partition coefficient (Wildman–Crippen LogP) is 2.83. The van der Waals surface area contributed by atoms with E-state index in [1.54, 1.807) is 32.4 Å². The summed E-state index contributed by atoms with van der Waals surface area (Å²) in [5.41, 5.74) is 2.88. The number of aliphatic hydroxyl groups is 2. The van der Waals surface area contributed by atoms with E-state index >= 15 is 0 Å². The van der Waals surface area contributed by atoms with E-state index < -0.39 is 11.0 Å². The van der Waals surface area contributed by atoms with E-state index in [4.69, 9.17) is 0 Å². The van der Waals surface area contributed by atoms with Crippen LogP contribution in [0, 0.1) is 17.3 Å². The van der Waals surface area contributed by atoms with Gasteiger partial charge in [0.2, 0.25) is 0 Å². The van der Waals surface area contributed by atoms with Crippen LogP contribution in [0.1, 0.15) is 50.9 Å². The second-order valence-electron chi connectivity index (χ2n) is 8.33. The largest absolute Gasteiger partial charge is 0.395 e. The molecule has 0 spiro atoms. The van der Waals surface area contributed by atoms with Gasteiger partial charge in [-0.15, -0.1) is 0 Å². The molecule has 150 valence electrons. The summed E-state index contributed by atoms with van der Waals surface area (Å²) < 4.78 is 0. The third-order valence-corrected chi connectivity index (χ3v) is 4.45. The monoisotopic (exact) mass is 382 g/mol. The van der Waals surface area contributed by atoms with Gasteiger partial charge in [0.05, 0.1) is 30.3 Å². The number of nitrogens with zero attached hydrogens (tertiary/aromatic N) is 3. The molecule has 3 N–H and O–H groups in total. The van der Waals surface area contributed by atoms with E-state index in [0.717, 1.165) is 22.4 Å². The van der Waals surface area contributed by atoms with Crippen molar-refractivity contribution in [3.63, 3.8) is 0 Å². The van der Waals surface area contributed by atoms with Crippen molar-refractivity contribution in [2.24, 2.45) is 5.41 Å². The van der Waals surface area contributed by atoms with Crippen molar-refractivity contribution < 1.29 is 10.2 Å². The first-order valence-electron chi connectivity index (χ1n) is 9.28. The molecule has 0 atom stereocenters. The molecular formula is C22H30N4O2. The number of H-pyrrole nitrogens is 1. The summed E-state index contributed by atoms with van der Waals surface area (Å²) in [4.78, 5) is 6.54. The van der Waals surface area contributed by atoms with Gasteiger partial charge in [-0.1, -0.05) is 12.5 Å². The lowest BCUT2D eigenvalue weighted by Gasteiger charge is -2.26. The minimum Gasteiger partial charge on any atom is -0.395 e. The minimum atomic E-state index is -0.745. The average molecular weight is 383 g/mol. The van der Waals surface area contributed by atoms with Crippen LogP contribution in [-0.4, -0.2) is 51.2 Å². The number of aliphatic hydroxyl groups excluding tert-OH is 1. The third kappa shape index (κ3) is 5.95. The number of aromatic nitrogens is 3. The van der Waals surface area contributed by atoms with E-state index in [9.17, 15) is 10.2 Å². The second kappa shape index (κ2) is 8.59. The maximum absolute atomic E-state index is 10.0. The Morgan fingerprint density at radius 1 is 1.29 bits per heavy atom. The Morgan fingerprint density at radius 2 is 2.00 bits per heavy atom. The summed E-state index contributed by atoms with van der Waals surface area (Å²) in [6.07, 6.45) is 5.92. The van der Waals surface area contributed by atoms with Gasteiger partial charge in [-0.3, -0.25) is 5.10 Å². The van der Waals surface area contributed by atoms with Crippen molar-refractivity contribution in [2.45, 2.75) is 39.7 Å². The van der Waals surface area contributed by atoms with Crippen LogP contribution < -0.4 is 4.90 Å². The average Bonchev–Trinajstić information content (AvgIpc) is 3.18. The van der Waals surface area contributed by atoms with Gasteiger partial charge < -0.3 is 15.1 Å². The molecule has 0 radical (unpaired) electrons. The van der Waals surface area contributed by atoms with E-state index in [1.165, 1.54) is 0 Å². The highest BCUT2D eigenvalue weighted by molar-refractivity contribution is 5.84. The molecule has 28 heavy (non-hydrogen) atoms. The van der Waals surface area contributed by atoms with Crippen LogP contribution in [0.15, 0.2) is 31.2 Å². The van der Waals surface area contributed by atoms with E-state index in [0.29, 0.717) is 18.7 Å². The molecule has 0 aliphatic carbocycles. The smallest absolute Gasteiger partial charge is 0.113 e. The number of nitrogens with one attached hydrogen (secondary N) is 1. The van der Waals surface area contributed by atoms with Crippen molar-refractivity contribution in [3.8, 4) is 11.8 Å². The van der Waals surface area contributed by atoms with Crippen LogP contribution >= 0.6 is 0 Å². The van der Waals surface area contributed by atoms with Crippen LogP contribution in [0.2, 0.25) is 0 Å². The molecule has 0 aromatic carbocycles. The molecule has 0 aliphatic heterocycles. The van der Waals surface area contributed by atoms with Gasteiger partial charge in [-0.05, 0) is 51.7 Å². The SMILES string of the molecule is C=C(c1cn[nH]c1)c1cc(C#CC(C)(C)CO)ncc1N(C)CCC(C)(C)O. The Hall–Kier alpha value is -2.62. The lowest BCUT2D eigenvalue weighted by atomic mass is 9.95. The summed E-state index contributed by atoms with van der Waals surface area (Å²) in [6, 6.07) is 1.91. The standard InChI is InChI=1S/C22H30N4O2/c1-16(17-12-24-25-13-17)19-11-18(7-8-21(2,3)15-27)23-14-20(19)26(6)10-9-22(4,5)28/h11-14,27-28H,1,9-10,15H2,2-6H3,(H,24,25). The van der Waals surface area contributed by atoms with Crippen molar-refractivity contribution in [1.82, 2.24) is 15.2 Å². The van der Waals surface area contributed by atoms with E-state index in [1.807, 2.05) is 27.0 Å². The number of aromatic amines is 1. The molecule has 0 saturated carbocycles. The Labute approximate surface area is 167 Å². The number of anilines is 1. The minimum absolute atomic E-state index is 0.0215. The first-order chi connectivity index (χ1) is 13.0. The zero-order chi connectivity index (χ0) is 20.9. The van der Waals surface area contributed by atoms with Crippen molar-refractivity contribution in [1.29, 1.82) is 0 Å². The van der Waals surface area contributed by atoms with Crippen LogP contribution in [0.3, 0.4) is 0 Å². The second-order valence-corrected chi connectivity index (χ2v) is 8.33. The molecule has 2 aromatic heterocycles. The van der Waals surface area contributed by atoms with Gasteiger partial charge in [0.25, 0.3) is 0 Å². The summed E-state index contributed by atoms with van der Waals surface area (Å²) in [5.74, 6) is 6.12. The Balaban J connectivity index is 2.42. The number of hydrogen-bond acceptors (Lipinski definition) is 5. The quantitative estimate of drug-likeness (QED) is 0.641. The highest BCUT2D eigenvalue weighted by atomic mass is 16.3. The summed E-state index contributed by atoms with van der Waals surface area (Å²) in [5, 5.41) is 26.3. The number of hydrogen-bond donors (Lipinski definition) is 3. The first kappa shape index (κ1) is 21.7. The lowest BCUT2D eigenvalue weighted by molar-refractivity contribution is 0.0734. The van der Waals surface area contributed by atoms with E-state index in [-0.39, 0.29) is 6.61 Å². The van der Waals surface area contributed by atoms with Crippen molar-refractivity contribution in [3.05, 3.63) is 48.1 Å². The lowest BCUT2D eigenvalue weighted by Crippen LogP contribution is -2.28. The molecule has 0 fully saturated rings. The van der Waals surface area contributed by atoms with E-state index in [2.05, 4.69) is 38.5 Å². The highest BCUT2D eigenvalue weighted by Gasteiger charge is 2.18. The molecule has 0 unspecified atom stereocenters. The Morgan fingerprint density at radius 3 is 2.57 bits per heavy atom. The van der Waals surface area contributed by atoms with Gasteiger partial charge in [0, 0.05) is 36.3 Å². The summed E-state index contributed by atoms with van der Waals surface area (Å²) in [7, 11) is 1.97. The van der Waals surface area contributed by atoms with Crippen LogP contribution in [0.4, 0.5) is 5.69 Å².